The van der Waals surface area contributed by atoms with Crippen LogP contribution in [0.4, 0.5) is 5.69 Å². The van der Waals surface area contributed by atoms with Crippen LogP contribution in [0.1, 0.15) is 5.56 Å². The summed E-state index contributed by atoms with van der Waals surface area (Å²) in [7, 11) is -3.47. The molecule has 0 aliphatic heterocycles. The molecule has 0 bridgehead atoms. The van der Waals surface area contributed by atoms with Gasteiger partial charge in [0.15, 0.2) is 0 Å². The summed E-state index contributed by atoms with van der Waals surface area (Å²) in [5.41, 5.74) is 0.297. The van der Waals surface area contributed by atoms with Crippen LogP contribution in [0.3, 0.4) is 0 Å². The molecule has 0 aliphatic carbocycles. The summed E-state index contributed by atoms with van der Waals surface area (Å²) in [5.74, 6) is -3.54. The minimum absolute atomic E-state index is 0.114. The Hall–Kier alpha value is -2.35. The average molecular weight is 285 g/mol. The normalized spacial score (nSPS) is 11.9. The highest BCUT2D eigenvalue weighted by molar-refractivity contribution is 7.92. The van der Waals surface area contributed by atoms with Crippen LogP contribution in [0.15, 0.2) is 30.3 Å². The van der Waals surface area contributed by atoms with Crippen LogP contribution in [0.5, 0.6) is 0 Å². The molecule has 0 unspecified atom stereocenters. The number of aliphatic hydroxyl groups is 1. The molecular formula is C11H11NO6S. The number of sulfonamides is 1. The number of anilines is 1. The summed E-state index contributed by atoms with van der Waals surface area (Å²) < 4.78 is 24.2. The second kappa shape index (κ2) is 5.53. The van der Waals surface area contributed by atoms with Crippen molar-refractivity contribution in [1.82, 2.24) is 0 Å². The number of carbonyl (C=O) groups excluding carboxylic acids is 1. The van der Waals surface area contributed by atoms with Crippen LogP contribution in [0.2, 0.25) is 0 Å². The fraction of sp³-hybridized carbons (Fsp3) is 0.0909. The number of carboxylic acids is 1. The van der Waals surface area contributed by atoms with Crippen LogP contribution < -0.4 is 4.72 Å². The van der Waals surface area contributed by atoms with E-state index in [1.807, 2.05) is 0 Å². The molecule has 19 heavy (non-hydrogen) atoms. The Morgan fingerprint density at radius 2 is 1.89 bits per heavy atom. The van der Waals surface area contributed by atoms with E-state index < -0.39 is 27.5 Å². The summed E-state index contributed by atoms with van der Waals surface area (Å²) in [5, 5.41) is 18.0. The third kappa shape index (κ3) is 4.80. The molecule has 0 saturated carbocycles. The molecule has 7 nitrogen and oxygen atoms in total. The van der Waals surface area contributed by atoms with Gasteiger partial charge in [0.05, 0.1) is 6.26 Å². The van der Waals surface area contributed by atoms with Crippen molar-refractivity contribution in [2.45, 2.75) is 0 Å². The predicted octanol–water partition coefficient (Wildman–Crippen LogP) is 0.611. The summed E-state index contributed by atoms with van der Waals surface area (Å²) in [6.45, 7) is 0. The van der Waals surface area contributed by atoms with Gasteiger partial charge in [-0.15, -0.1) is 0 Å². The highest BCUT2D eigenvalue weighted by atomic mass is 32.2. The van der Waals surface area contributed by atoms with E-state index in [9.17, 15) is 23.1 Å². The topological polar surface area (TPSA) is 121 Å². The second-order valence-electron chi connectivity index (χ2n) is 3.65. The SMILES string of the molecule is CS(=O)(=O)Nc1cccc(C(O)=CC(=O)C(=O)O)c1. The smallest absolute Gasteiger partial charge is 0.376 e. The van der Waals surface area contributed by atoms with Crippen LogP contribution in [-0.2, 0) is 19.6 Å². The van der Waals surface area contributed by atoms with E-state index in [1.165, 1.54) is 24.3 Å². The lowest BCUT2D eigenvalue weighted by Gasteiger charge is -2.06. The number of rotatable bonds is 5. The number of benzene rings is 1. The van der Waals surface area contributed by atoms with Gasteiger partial charge in [-0.1, -0.05) is 12.1 Å². The summed E-state index contributed by atoms with van der Waals surface area (Å²) >= 11 is 0. The highest BCUT2D eigenvalue weighted by Gasteiger charge is 2.11. The van der Waals surface area contributed by atoms with Crippen molar-refractivity contribution in [2.75, 3.05) is 11.0 Å². The molecule has 1 aromatic rings. The maximum Gasteiger partial charge on any atom is 0.376 e. The molecule has 0 aromatic heterocycles. The minimum Gasteiger partial charge on any atom is -0.507 e. The van der Waals surface area contributed by atoms with Crippen LogP contribution in [0, 0.1) is 0 Å². The lowest BCUT2D eigenvalue weighted by Crippen LogP contribution is -2.10. The molecule has 0 radical (unpaired) electrons. The highest BCUT2D eigenvalue weighted by Crippen LogP contribution is 2.17. The maximum atomic E-state index is 11.0. The number of ketones is 1. The van der Waals surface area contributed by atoms with Crippen molar-refractivity contribution >= 4 is 33.2 Å². The Labute approximate surface area is 109 Å². The number of hydrogen-bond acceptors (Lipinski definition) is 5. The van der Waals surface area contributed by atoms with Crippen molar-refractivity contribution in [3.63, 3.8) is 0 Å². The maximum absolute atomic E-state index is 11.0. The van der Waals surface area contributed by atoms with Gasteiger partial charge in [-0.25, -0.2) is 13.2 Å². The Morgan fingerprint density at radius 3 is 2.42 bits per heavy atom. The van der Waals surface area contributed by atoms with Gasteiger partial charge >= 0.3 is 5.97 Å². The third-order valence-electron chi connectivity index (χ3n) is 1.94. The fourth-order valence-electron chi connectivity index (χ4n) is 1.23. The predicted molar refractivity (Wildman–Crippen MR) is 68.2 cm³/mol. The number of carboxylic acid groups (broad SMARTS) is 1. The Balaban J connectivity index is 3.06. The Bertz CT molecular complexity index is 647. The van der Waals surface area contributed by atoms with Crippen molar-refractivity contribution in [3.8, 4) is 0 Å². The van der Waals surface area contributed by atoms with Crippen LogP contribution in [0.25, 0.3) is 5.76 Å². The summed E-state index contributed by atoms with van der Waals surface area (Å²) in [6, 6.07) is 5.55. The van der Waals surface area contributed by atoms with Crippen LogP contribution >= 0.6 is 0 Å². The van der Waals surface area contributed by atoms with E-state index >= 15 is 0 Å². The van der Waals surface area contributed by atoms with E-state index in [1.54, 1.807) is 0 Å². The quantitative estimate of drug-likeness (QED) is 0.414. The number of hydrogen-bond donors (Lipinski definition) is 3. The number of nitrogens with one attached hydrogen (secondary N) is 1. The van der Waals surface area contributed by atoms with Crippen molar-refractivity contribution < 1.29 is 28.2 Å². The Kier molecular flexibility index (Phi) is 4.28. The molecule has 0 amide bonds. The lowest BCUT2D eigenvalue weighted by atomic mass is 10.1. The molecule has 0 atom stereocenters. The summed E-state index contributed by atoms with van der Waals surface area (Å²) in [4.78, 5) is 21.2. The summed E-state index contributed by atoms with van der Waals surface area (Å²) in [6.07, 6.45) is 1.51. The average Bonchev–Trinajstić information content (AvgIpc) is 2.26. The first-order chi connectivity index (χ1) is 8.69. The number of aliphatic carboxylic acids is 1. The molecule has 1 rings (SSSR count). The van der Waals surface area contributed by atoms with Gasteiger partial charge in [-0.05, 0) is 12.1 Å². The molecular weight excluding hydrogens is 274 g/mol. The zero-order chi connectivity index (χ0) is 14.6. The standard InChI is InChI=1S/C11H11NO6S/c1-19(17,18)12-8-4-2-3-7(5-8)9(13)6-10(14)11(15)16/h2-6,12-13H,1H3,(H,15,16). The van der Waals surface area contributed by atoms with E-state index in [4.69, 9.17) is 5.11 Å². The van der Waals surface area contributed by atoms with Crippen molar-refractivity contribution in [1.29, 1.82) is 0 Å². The van der Waals surface area contributed by atoms with E-state index in [0.29, 0.717) is 6.08 Å². The first-order valence-electron chi connectivity index (χ1n) is 4.95. The number of aliphatic hydroxyl groups excluding tert-OH is 1. The fourth-order valence-corrected chi connectivity index (χ4v) is 1.78. The molecule has 0 aliphatic rings. The van der Waals surface area contributed by atoms with Gasteiger partial charge in [0, 0.05) is 17.3 Å². The van der Waals surface area contributed by atoms with E-state index in [0.717, 1.165) is 6.26 Å². The molecule has 0 heterocycles. The van der Waals surface area contributed by atoms with E-state index in [2.05, 4.69) is 4.72 Å². The van der Waals surface area contributed by atoms with Gasteiger partial charge in [0.25, 0.3) is 5.78 Å². The van der Waals surface area contributed by atoms with Gasteiger partial charge in [-0.3, -0.25) is 9.52 Å². The zero-order valence-electron chi connectivity index (χ0n) is 9.82. The zero-order valence-corrected chi connectivity index (χ0v) is 10.6. The molecule has 102 valence electrons. The van der Waals surface area contributed by atoms with E-state index in [-0.39, 0.29) is 11.3 Å². The van der Waals surface area contributed by atoms with Gasteiger partial charge < -0.3 is 10.2 Å². The van der Waals surface area contributed by atoms with Gasteiger partial charge in [0.2, 0.25) is 10.0 Å². The first-order valence-corrected chi connectivity index (χ1v) is 6.84. The number of carbonyl (C=O) groups is 2. The van der Waals surface area contributed by atoms with Gasteiger partial charge in [0.1, 0.15) is 5.76 Å². The van der Waals surface area contributed by atoms with Crippen LogP contribution in [-0.4, -0.2) is 36.6 Å². The molecule has 0 saturated heterocycles. The van der Waals surface area contributed by atoms with Crippen molar-refractivity contribution in [3.05, 3.63) is 35.9 Å². The largest absolute Gasteiger partial charge is 0.507 e. The molecule has 3 N–H and O–H groups in total. The Morgan fingerprint density at radius 1 is 1.26 bits per heavy atom. The first kappa shape index (κ1) is 14.7. The molecule has 8 heteroatoms. The molecule has 0 fully saturated rings. The molecule has 1 aromatic carbocycles. The minimum atomic E-state index is -3.47. The second-order valence-corrected chi connectivity index (χ2v) is 5.40. The molecule has 0 spiro atoms. The van der Waals surface area contributed by atoms with Gasteiger partial charge in [-0.2, -0.15) is 0 Å². The van der Waals surface area contributed by atoms with Crippen molar-refractivity contribution in [2.24, 2.45) is 0 Å². The monoisotopic (exact) mass is 285 g/mol. The third-order valence-corrected chi connectivity index (χ3v) is 2.55. The lowest BCUT2D eigenvalue weighted by molar-refractivity contribution is -0.146.